The topological polar surface area (TPSA) is 159 Å². The minimum Gasteiger partial charge on any atom is -0.462 e. The molecule has 17 heteroatoms. The first-order chi connectivity index (χ1) is 21.8. The average Bonchev–Trinajstić information content (AvgIpc) is 3.69. The third-order valence-corrected chi connectivity index (χ3v) is 7.89. The lowest BCUT2D eigenvalue weighted by molar-refractivity contribution is -0.152. The van der Waals surface area contributed by atoms with Crippen LogP contribution in [0.3, 0.4) is 0 Å². The number of ether oxygens (including phenoxy) is 5. The number of hydrazone groups is 2. The molecule has 2 atom stereocenters. The van der Waals surface area contributed by atoms with Gasteiger partial charge in [0.15, 0.2) is 23.8 Å². The Bertz CT molecular complexity index is 1270. The molecular weight excluding hydrogens is 592 g/mol. The second-order valence-electron chi connectivity index (χ2n) is 10.8. The van der Waals surface area contributed by atoms with Crippen LogP contribution < -0.4 is 0 Å². The zero-order valence-electron chi connectivity index (χ0n) is 25.2. The van der Waals surface area contributed by atoms with Crippen molar-refractivity contribution in [3.63, 3.8) is 0 Å². The molecule has 0 aliphatic carbocycles. The molecule has 4 amide bonds. The van der Waals surface area contributed by atoms with Gasteiger partial charge in [0.1, 0.15) is 13.2 Å². The first-order valence-electron chi connectivity index (χ1n) is 14.9. The number of rotatable bonds is 0. The van der Waals surface area contributed by atoms with E-state index in [9.17, 15) is 19.2 Å². The normalized spacial score (nSPS) is 25.6. The Balaban J connectivity index is 1.29. The van der Waals surface area contributed by atoms with Crippen LogP contribution >= 0.6 is 0 Å². The number of nitrogens with zero attached hydrogens (tertiary/aromatic N) is 8. The molecule has 2 saturated heterocycles. The summed E-state index contributed by atoms with van der Waals surface area (Å²) in [7, 11) is 3.11. The van der Waals surface area contributed by atoms with E-state index in [1.165, 1.54) is 20.0 Å². The summed E-state index contributed by atoms with van der Waals surface area (Å²) in [5.41, 5.74) is 1.26. The van der Waals surface area contributed by atoms with Gasteiger partial charge in [0.25, 0.3) is 0 Å². The predicted octanol–water partition coefficient (Wildman–Crippen LogP) is -0.127. The molecule has 1 aromatic rings. The third-order valence-electron chi connectivity index (χ3n) is 7.89. The molecule has 2 bridgehead atoms. The molecule has 2 fully saturated rings. The van der Waals surface area contributed by atoms with Crippen LogP contribution in [-0.4, -0.2) is 158 Å². The number of hydrogen-bond acceptors (Lipinski definition) is 13. The molecule has 17 nitrogen and oxygen atoms in total. The zero-order chi connectivity index (χ0) is 31.5. The molecule has 2 unspecified atom stereocenters. The van der Waals surface area contributed by atoms with Gasteiger partial charge in [-0.3, -0.25) is 0 Å². The number of amidine groups is 2. The van der Waals surface area contributed by atoms with Crippen molar-refractivity contribution in [2.75, 3.05) is 80.0 Å². The molecule has 6 aliphatic heterocycles. The number of esters is 2. The highest BCUT2D eigenvalue weighted by molar-refractivity contribution is 6.06. The van der Waals surface area contributed by atoms with Crippen molar-refractivity contribution in [3.8, 4) is 0 Å². The van der Waals surface area contributed by atoms with Crippen molar-refractivity contribution in [2.45, 2.75) is 24.9 Å². The van der Waals surface area contributed by atoms with Crippen LogP contribution in [0.25, 0.3) is 0 Å². The quantitative estimate of drug-likeness (QED) is 0.278. The number of urea groups is 2. The minimum atomic E-state index is -0.758. The van der Waals surface area contributed by atoms with Gasteiger partial charge in [-0.05, 0) is 0 Å². The number of benzene rings is 1. The Morgan fingerprint density at radius 3 is 1.31 bits per heavy atom. The van der Waals surface area contributed by atoms with Crippen LogP contribution in [0.15, 0.2) is 34.5 Å². The van der Waals surface area contributed by atoms with E-state index in [0.717, 1.165) is 0 Å². The van der Waals surface area contributed by atoms with Gasteiger partial charge < -0.3 is 23.7 Å². The van der Waals surface area contributed by atoms with Crippen molar-refractivity contribution in [3.05, 3.63) is 35.4 Å². The Kier molecular flexibility index (Phi) is 8.99. The van der Waals surface area contributed by atoms with Gasteiger partial charge in [-0.25, -0.2) is 49.2 Å². The van der Waals surface area contributed by atoms with Gasteiger partial charge in [0, 0.05) is 51.2 Å². The van der Waals surface area contributed by atoms with Crippen molar-refractivity contribution in [2.24, 2.45) is 10.2 Å². The monoisotopic (exact) mass is 628 g/mol. The van der Waals surface area contributed by atoms with Gasteiger partial charge in [0.2, 0.25) is 0 Å². The van der Waals surface area contributed by atoms with Gasteiger partial charge >= 0.3 is 24.0 Å². The van der Waals surface area contributed by atoms with Gasteiger partial charge in [0.05, 0.1) is 39.6 Å². The summed E-state index contributed by atoms with van der Waals surface area (Å²) >= 11 is 0. The van der Waals surface area contributed by atoms with E-state index < -0.39 is 24.0 Å². The van der Waals surface area contributed by atoms with Crippen LogP contribution in [0.4, 0.5) is 9.59 Å². The summed E-state index contributed by atoms with van der Waals surface area (Å²) in [6.45, 7) is 2.40. The molecule has 0 spiro atoms. The second-order valence-corrected chi connectivity index (χ2v) is 10.8. The summed E-state index contributed by atoms with van der Waals surface area (Å²) in [4.78, 5) is 52.2. The highest BCUT2D eigenvalue weighted by atomic mass is 16.6. The maximum atomic E-state index is 13.2. The van der Waals surface area contributed by atoms with E-state index in [1.54, 1.807) is 48.4 Å². The fourth-order valence-corrected chi connectivity index (χ4v) is 5.70. The Morgan fingerprint density at radius 1 is 0.578 bits per heavy atom. The van der Waals surface area contributed by atoms with E-state index in [1.807, 2.05) is 0 Å². The maximum absolute atomic E-state index is 13.2. The molecular formula is C28H36N8O9. The van der Waals surface area contributed by atoms with Crippen LogP contribution in [0.5, 0.6) is 0 Å². The first-order valence-corrected chi connectivity index (χ1v) is 14.9. The van der Waals surface area contributed by atoms with E-state index in [2.05, 4.69) is 10.2 Å². The molecule has 0 N–H and O–H groups in total. The van der Waals surface area contributed by atoms with E-state index in [-0.39, 0.29) is 38.5 Å². The number of carbonyl (C=O) groups is 4. The number of hydrazine groups is 2. The summed E-state index contributed by atoms with van der Waals surface area (Å²) in [5.74, 6) is -0.186. The van der Waals surface area contributed by atoms with Crippen molar-refractivity contribution >= 4 is 35.7 Å². The SMILES string of the molecule is CN1N=C2c3ccc(cc3)C3=NN(C)C(=O)N4CCC(C(=O)OCCOCCOCCOCCOC(=O)C5CCN(C1=O)N25)N34. The lowest BCUT2D eigenvalue weighted by atomic mass is 10.1. The molecule has 0 radical (unpaired) electrons. The lowest BCUT2D eigenvalue weighted by Crippen LogP contribution is -2.57. The standard InChI is InChI=1S/C28H36N8O9/c1-31-27(39)33-9-7-21-25(37)44-17-15-42-13-11-41-12-14-43-16-18-45-26(38)22-8-10-34-28(40)32(2)30-24(36(22)34)20-5-3-19(4-6-20)23(29-31)35(21)33/h3-6,21-22H,7-18H2,1-2H3. The number of hydrogen-bond donors (Lipinski definition) is 0. The minimum absolute atomic E-state index is 0.0492. The molecule has 6 aliphatic rings. The average molecular weight is 629 g/mol. The van der Waals surface area contributed by atoms with Crippen molar-refractivity contribution in [1.82, 2.24) is 30.1 Å². The maximum Gasteiger partial charge on any atom is 0.359 e. The fourth-order valence-electron chi connectivity index (χ4n) is 5.70. The van der Waals surface area contributed by atoms with E-state index >= 15 is 0 Å². The van der Waals surface area contributed by atoms with Gasteiger partial charge in [-0.1, -0.05) is 24.3 Å². The number of amides is 4. The van der Waals surface area contributed by atoms with Crippen LogP contribution in [-0.2, 0) is 33.3 Å². The number of fused-ring (bicyclic) bond motifs is 16. The lowest BCUT2D eigenvalue weighted by Gasteiger charge is -2.39. The summed E-state index contributed by atoms with van der Waals surface area (Å²) < 4.78 is 27.5. The molecule has 0 saturated carbocycles. The molecule has 0 aromatic heterocycles. The largest absolute Gasteiger partial charge is 0.462 e. The summed E-state index contributed by atoms with van der Waals surface area (Å²) in [5, 5.41) is 17.6. The Labute approximate surface area is 259 Å². The second kappa shape index (κ2) is 13.3. The highest BCUT2D eigenvalue weighted by Crippen LogP contribution is 2.30. The van der Waals surface area contributed by atoms with Gasteiger partial charge in [-0.15, -0.1) is 10.2 Å². The fraction of sp³-hybridized carbons (Fsp3) is 0.571. The predicted molar refractivity (Wildman–Crippen MR) is 154 cm³/mol. The highest BCUT2D eigenvalue weighted by Gasteiger charge is 2.48. The number of carbonyl (C=O) groups excluding carboxylic acids is 4. The van der Waals surface area contributed by atoms with E-state index in [4.69, 9.17) is 23.7 Å². The van der Waals surface area contributed by atoms with Crippen molar-refractivity contribution in [1.29, 1.82) is 0 Å². The molecule has 6 heterocycles. The zero-order valence-corrected chi connectivity index (χ0v) is 25.2. The molecule has 45 heavy (non-hydrogen) atoms. The van der Waals surface area contributed by atoms with Gasteiger partial charge in [-0.2, -0.15) is 0 Å². The van der Waals surface area contributed by atoms with Crippen LogP contribution in [0.1, 0.15) is 24.0 Å². The summed E-state index contributed by atoms with van der Waals surface area (Å²) in [6, 6.07) is 4.92. The van der Waals surface area contributed by atoms with Crippen LogP contribution in [0, 0.1) is 0 Å². The smallest absolute Gasteiger partial charge is 0.359 e. The van der Waals surface area contributed by atoms with Crippen molar-refractivity contribution < 1.29 is 42.9 Å². The Hall–Kier alpha value is -4.48. The molecule has 7 rings (SSSR count). The van der Waals surface area contributed by atoms with E-state index in [0.29, 0.717) is 75.2 Å². The molecule has 242 valence electrons. The first kappa shape index (κ1) is 30.5. The Morgan fingerprint density at radius 2 is 0.933 bits per heavy atom. The third kappa shape index (κ3) is 6.10. The molecule has 1 aromatic carbocycles. The van der Waals surface area contributed by atoms with Crippen LogP contribution in [0.2, 0.25) is 0 Å². The summed E-state index contributed by atoms with van der Waals surface area (Å²) in [6.07, 6.45) is 0.734.